The molecule has 0 spiro atoms. The fraction of sp³-hybridized carbons (Fsp3) is 0.188. The Kier molecular flexibility index (Phi) is 3.89. The predicted octanol–water partition coefficient (Wildman–Crippen LogP) is 2.84. The minimum absolute atomic E-state index is 0.0293. The number of aromatic nitrogens is 2. The van der Waals surface area contributed by atoms with E-state index in [4.69, 9.17) is 0 Å². The van der Waals surface area contributed by atoms with Crippen LogP contribution >= 0.6 is 11.7 Å². The summed E-state index contributed by atoms with van der Waals surface area (Å²) in [6, 6.07) is 11.5. The van der Waals surface area contributed by atoms with Crippen molar-refractivity contribution < 1.29 is 13.2 Å². The Labute approximate surface area is 148 Å². The quantitative estimate of drug-likeness (QED) is 0.715. The maximum absolute atomic E-state index is 12.7. The molecule has 4 rings (SSSR count). The van der Waals surface area contributed by atoms with Gasteiger partial charge in [0.15, 0.2) is 0 Å². The topological polar surface area (TPSA) is 101 Å². The second kappa shape index (κ2) is 6.08. The van der Waals surface area contributed by atoms with Gasteiger partial charge in [0, 0.05) is 11.6 Å². The minimum Gasteiger partial charge on any atom is -0.326 e. The lowest BCUT2D eigenvalue weighted by Crippen LogP contribution is -2.15. The zero-order chi connectivity index (χ0) is 17.4. The molecule has 1 amide bonds. The number of rotatable bonds is 5. The van der Waals surface area contributed by atoms with Gasteiger partial charge in [-0.15, -0.1) is 0 Å². The second-order valence-electron chi connectivity index (χ2n) is 5.84. The summed E-state index contributed by atoms with van der Waals surface area (Å²) in [6.45, 7) is 0. The SMILES string of the molecule is O=C(Nc1cccc(NS(=O)(=O)c2cccc3nsnc23)c1)C1CC1. The molecule has 3 aromatic rings. The molecule has 0 radical (unpaired) electrons. The van der Waals surface area contributed by atoms with Crippen LogP contribution in [0.25, 0.3) is 11.0 Å². The van der Waals surface area contributed by atoms with Gasteiger partial charge in [0.2, 0.25) is 5.91 Å². The molecule has 1 fully saturated rings. The molecule has 25 heavy (non-hydrogen) atoms. The highest BCUT2D eigenvalue weighted by Crippen LogP contribution is 2.30. The average Bonchev–Trinajstić information content (AvgIpc) is 3.32. The van der Waals surface area contributed by atoms with E-state index in [1.807, 2.05) is 0 Å². The third-order valence-corrected chi connectivity index (χ3v) is 5.82. The number of nitrogens with one attached hydrogen (secondary N) is 2. The summed E-state index contributed by atoms with van der Waals surface area (Å²) in [7, 11) is -3.82. The number of hydrogen-bond donors (Lipinski definition) is 2. The van der Waals surface area contributed by atoms with Crippen molar-refractivity contribution in [2.45, 2.75) is 17.7 Å². The van der Waals surface area contributed by atoms with Crippen molar-refractivity contribution in [1.82, 2.24) is 8.75 Å². The van der Waals surface area contributed by atoms with Crippen LogP contribution in [0.15, 0.2) is 47.4 Å². The molecule has 1 aliphatic carbocycles. The van der Waals surface area contributed by atoms with Gasteiger partial charge in [-0.2, -0.15) is 8.75 Å². The van der Waals surface area contributed by atoms with Crippen LogP contribution in [-0.4, -0.2) is 23.1 Å². The van der Waals surface area contributed by atoms with Crippen molar-refractivity contribution in [3.63, 3.8) is 0 Å². The largest absolute Gasteiger partial charge is 0.326 e. The molecular weight excluding hydrogens is 360 g/mol. The first-order valence-corrected chi connectivity index (χ1v) is 9.89. The molecule has 1 heterocycles. The lowest BCUT2D eigenvalue weighted by Gasteiger charge is -2.10. The molecule has 7 nitrogen and oxygen atoms in total. The number of hydrogen-bond acceptors (Lipinski definition) is 6. The molecule has 0 aliphatic heterocycles. The molecule has 1 aliphatic rings. The zero-order valence-corrected chi connectivity index (χ0v) is 14.6. The van der Waals surface area contributed by atoms with Crippen molar-refractivity contribution in [3.8, 4) is 0 Å². The van der Waals surface area contributed by atoms with Gasteiger partial charge in [-0.1, -0.05) is 12.1 Å². The van der Waals surface area contributed by atoms with Crippen LogP contribution in [0.3, 0.4) is 0 Å². The Morgan fingerprint density at radius 1 is 1.08 bits per heavy atom. The van der Waals surface area contributed by atoms with E-state index in [0.717, 1.165) is 24.6 Å². The van der Waals surface area contributed by atoms with Crippen molar-refractivity contribution in [2.24, 2.45) is 5.92 Å². The van der Waals surface area contributed by atoms with E-state index in [9.17, 15) is 13.2 Å². The summed E-state index contributed by atoms with van der Waals surface area (Å²) in [5.41, 5.74) is 1.82. The number of sulfonamides is 1. The number of carbonyl (C=O) groups is 1. The molecule has 1 saturated carbocycles. The van der Waals surface area contributed by atoms with Crippen LogP contribution in [0.2, 0.25) is 0 Å². The molecule has 1 aromatic heterocycles. The highest BCUT2D eigenvalue weighted by Gasteiger charge is 2.29. The van der Waals surface area contributed by atoms with Crippen molar-refractivity contribution in [1.29, 1.82) is 0 Å². The molecule has 9 heteroatoms. The normalized spacial score (nSPS) is 14.4. The summed E-state index contributed by atoms with van der Waals surface area (Å²) in [6.07, 6.45) is 1.81. The fourth-order valence-corrected chi connectivity index (χ4v) is 4.28. The Bertz CT molecular complexity index is 1060. The molecule has 128 valence electrons. The van der Waals surface area contributed by atoms with Crippen molar-refractivity contribution >= 4 is 50.1 Å². The molecule has 0 unspecified atom stereocenters. The first kappa shape index (κ1) is 16.0. The molecule has 0 atom stereocenters. The molecule has 0 bridgehead atoms. The van der Waals surface area contributed by atoms with Gasteiger partial charge in [-0.3, -0.25) is 9.52 Å². The standard InChI is InChI=1S/C16H14N4O3S2/c21-16(10-7-8-10)17-11-3-1-4-12(9-11)20-25(22,23)14-6-2-5-13-15(14)19-24-18-13/h1-6,9-10,20H,7-8H2,(H,17,21). The Morgan fingerprint density at radius 2 is 1.84 bits per heavy atom. The van der Waals surface area contributed by atoms with Crippen LogP contribution in [-0.2, 0) is 14.8 Å². The summed E-state index contributed by atoms with van der Waals surface area (Å²) in [5, 5.41) is 2.80. The van der Waals surface area contributed by atoms with E-state index in [1.54, 1.807) is 36.4 Å². The van der Waals surface area contributed by atoms with Crippen LogP contribution < -0.4 is 10.0 Å². The Morgan fingerprint density at radius 3 is 2.64 bits per heavy atom. The van der Waals surface area contributed by atoms with E-state index in [2.05, 4.69) is 18.8 Å². The van der Waals surface area contributed by atoms with E-state index in [-0.39, 0.29) is 16.7 Å². The van der Waals surface area contributed by atoms with Crippen LogP contribution in [0, 0.1) is 5.92 Å². The number of nitrogens with zero attached hydrogens (tertiary/aromatic N) is 2. The maximum atomic E-state index is 12.7. The van der Waals surface area contributed by atoms with Crippen molar-refractivity contribution in [2.75, 3.05) is 10.0 Å². The Hall–Kier alpha value is -2.52. The third-order valence-electron chi connectivity index (χ3n) is 3.87. The second-order valence-corrected chi connectivity index (χ2v) is 8.02. The van der Waals surface area contributed by atoms with Crippen LogP contribution in [0.5, 0.6) is 0 Å². The fourth-order valence-electron chi connectivity index (χ4n) is 2.46. The van der Waals surface area contributed by atoms with Crippen LogP contribution in [0.1, 0.15) is 12.8 Å². The Balaban J connectivity index is 1.60. The summed E-state index contributed by atoms with van der Waals surface area (Å²) in [5.74, 6) is 0.0495. The van der Waals surface area contributed by atoms with E-state index in [1.165, 1.54) is 6.07 Å². The van der Waals surface area contributed by atoms with E-state index >= 15 is 0 Å². The number of amides is 1. The first-order valence-electron chi connectivity index (χ1n) is 7.68. The van der Waals surface area contributed by atoms with E-state index in [0.29, 0.717) is 22.4 Å². The minimum atomic E-state index is -3.82. The molecule has 2 N–H and O–H groups in total. The molecular formula is C16H14N4O3S2. The van der Waals surface area contributed by atoms with Gasteiger partial charge in [0.1, 0.15) is 15.9 Å². The summed E-state index contributed by atoms with van der Waals surface area (Å²) in [4.78, 5) is 11.9. The third kappa shape index (κ3) is 3.33. The molecule has 0 saturated heterocycles. The summed E-state index contributed by atoms with van der Waals surface area (Å²) >= 11 is 0.968. The molecule has 2 aromatic carbocycles. The lowest BCUT2D eigenvalue weighted by atomic mass is 10.2. The number of benzene rings is 2. The lowest BCUT2D eigenvalue weighted by molar-refractivity contribution is -0.117. The van der Waals surface area contributed by atoms with Crippen molar-refractivity contribution in [3.05, 3.63) is 42.5 Å². The smallest absolute Gasteiger partial charge is 0.264 e. The van der Waals surface area contributed by atoms with E-state index < -0.39 is 10.0 Å². The van der Waals surface area contributed by atoms with Gasteiger partial charge in [0.25, 0.3) is 10.0 Å². The van der Waals surface area contributed by atoms with Gasteiger partial charge in [0.05, 0.1) is 17.4 Å². The summed E-state index contributed by atoms with van der Waals surface area (Å²) < 4.78 is 36.1. The van der Waals surface area contributed by atoms with Gasteiger partial charge >= 0.3 is 0 Å². The maximum Gasteiger partial charge on any atom is 0.264 e. The highest BCUT2D eigenvalue weighted by atomic mass is 32.2. The predicted molar refractivity (Wildman–Crippen MR) is 96.0 cm³/mol. The van der Waals surface area contributed by atoms with Gasteiger partial charge in [-0.05, 0) is 43.2 Å². The van der Waals surface area contributed by atoms with Gasteiger partial charge < -0.3 is 5.32 Å². The number of fused-ring (bicyclic) bond motifs is 1. The number of carbonyl (C=O) groups excluding carboxylic acids is 1. The van der Waals surface area contributed by atoms with Crippen LogP contribution in [0.4, 0.5) is 11.4 Å². The number of anilines is 2. The van der Waals surface area contributed by atoms with Gasteiger partial charge in [-0.25, -0.2) is 8.42 Å². The first-order chi connectivity index (χ1) is 12.0. The highest BCUT2D eigenvalue weighted by molar-refractivity contribution is 7.93. The average molecular weight is 374 g/mol. The monoisotopic (exact) mass is 374 g/mol. The zero-order valence-electron chi connectivity index (χ0n) is 13.0.